The Balaban J connectivity index is 4.19. The molecule has 2 N–H and O–H groups in total. The summed E-state index contributed by atoms with van der Waals surface area (Å²) in [5.74, 6) is -0.162. The van der Waals surface area contributed by atoms with E-state index in [-0.39, 0.29) is 19.1 Å². The molecular formula is C52H105N2O6P. The Labute approximate surface area is 380 Å². The molecule has 3 atom stereocenters. The Kier molecular flexibility index (Phi) is 43.9. The summed E-state index contributed by atoms with van der Waals surface area (Å²) in [5, 5.41) is 14.0. The van der Waals surface area contributed by atoms with Crippen molar-refractivity contribution >= 4 is 13.7 Å². The van der Waals surface area contributed by atoms with Crippen LogP contribution in [0.15, 0.2) is 12.2 Å². The van der Waals surface area contributed by atoms with Crippen molar-refractivity contribution < 1.29 is 32.9 Å². The van der Waals surface area contributed by atoms with E-state index < -0.39 is 20.0 Å². The normalized spacial score (nSPS) is 14.1. The Morgan fingerprint density at radius 3 is 1.28 bits per heavy atom. The fraction of sp³-hybridized carbons (Fsp3) is 0.942. The van der Waals surface area contributed by atoms with Crippen molar-refractivity contribution in [1.29, 1.82) is 0 Å². The number of carbonyl (C=O) groups is 1. The number of hydrogen-bond acceptors (Lipinski definition) is 6. The third-order valence-corrected chi connectivity index (χ3v) is 13.2. The Morgan fingerprint density at radius 2 is 0.902 bits per heavy atom. The van der Waals surface area contributed by atoms with Gasteiger partial charge in [0.1, 0.15) is 13.2 Å². The van der Waals surface area contributed by atoms with E-state index in [1.54, 1.807) is 0 Å². The number of quaternary nitrogens is 1. The number of aliphatic hydroxyl groups excluding tert-OH is 1. The molecule has 1 amide bonds. The quantitative estimate of drug-likeness (QED) is 0.0273. The summed E-state index contributed by atoms with van der Waals surface area (Å²) in [7, 11) is 1.32. The molecule has 364 valence electrons. The van der Waals surface area contributed by atoms with Gasteiger partial charge in [0.25, 0.3) is 7.82 Å². The monoisotopic (exact) mass is 885 g/mol. The first-order valence-corrected chi connectivity index (χ1v) is 28.0. The van der Waals surface area contributed by atoms with E-state index in [1.807, 2.05) is 21.1 Å². The van der Waals surface area contributed by atoms with Gasteiger partial charge in [-0.25, -0.2) is 0 Å². The zero-order chi connectivity index (χ0) is 45.0. The number of carbonyl (C=O) groups excluding carboxylic acids is 1. The van der Waals surface area contributed by atoms with Crippen LogP contribution in [0.4, 0.5) is 0 Å². The molecule has 0 saturated heterocycles. The first-order valence-electron chi connectivity index (χ1n) is 26.5. The van der Waals surface area contributed by atoms with Gasteiger partial charge in [0.2, 0.25) is 5.91 Å². The van der Waals surface area contributed by atoms with Crippen LogP contribution in [0.1, 0.15) is 264 Å². The zero-order valence-corrected chi connectivity index (χ0v) is 42.3. The van der Waals surface area contributed by atoms with Crippen molar-refractivity contribution in [1.82, 2.24) is 5.32 Å². The summed E-state index contributed by atoms with van der Waals surface area (Å²) in [6.45, 7) is 4.75. The van der Waals surface area contributed by atoms with E-state index in [4.69, 9.17) is 9.05 Å². The van der Waals surface area contributed by atoms with Crippen molar-refractivity contribution in [2.45, 2.75) is 276 Å². The molecule has 0 heterocycles. The van der Waals surface area contributed by atoms with Gasteiger partial charge < -0.3 is 28.8 Å². The van der Waals surface area contributed by atoms with Crippen LogP contribution in [0.5, 0.6) is 0 Å². The Hall–Kier alpha value is -0.760. The van der Waals surface area contributed by atoms with Crippen molar-refractivity contribution in [3.05, 3.63) is 12.2 Å². The predicted octanol–water partition coefficient (Wildman–Crippen LogP) is 14.8. The first-order chi connectivity index (χ1) is 29.5. The summed E-state index contributed by atoms with van der Waals surface area (Å²) < 4.78 is 23.4. The highest BCUT2D eigenvalue weighted by Crippen LogP contribution is 2.38. The lowest BCUT2D eigenvalue weighted by atomic mass is 10.0. The molecule has 0 aromatic heterocycles. The Bertz CT molecular complexity index is 1000. The number of nitrogens with one attached hydrogen (secondary N) is 1. The average molecular weight is 885 g/mol. The van der Waals surface area contributed by atoms with E-state index in [2.05, 4.69) is 31.3 Å². The minimum Gasteiger partial charge on any atom is -0.756 e. The minimum absolute atomic E-state index is 0.0145. The molecule has 0 aliphatic rings. The second kappa shape index (κ2) is 44.4. The fourth-order valence-electron chi connectivity index (χ4n) is 8.04. The second-order valence-electron chi connectivity index (χ2n) is 19.6. The highest BCUT2D eigenvalue weighted by molar-refractivity contribution is 7.45. The SMILES string of the molecule is CCCCCCCCCC/C=C\CCCCCCCCCCCCCC(=O)NC(COP(=O)([O-])OCC[N+](C)(C)C)C(O)CCCCCCCCCCCCCCCCCC. The molecule has 8 nitrogen and oxygen atoms in total. The lowest BCUT2D eigenvalue weighted by molar-refractivity contribution is -0.870. The number of allylic oxidation sites excluding steroid dienone is 2. The second-order valence-corrected chi connectivity index (χ2v) is 21.0. The van der Waals surface area contributed by atoms with Crippen molar-refractivity contribution in [2.75, 3.05) is 40.9 Å². The van der Waals surface area contributed by atoms with Gasteiger partial charge in [0.05, 0.1) is 39.9 Å². The predicted molar refractivity (Wildman–Crippen MR) is 261 cm³/mol. The minimum atomic E-state index is -4.57. The molecule has 0 bridgehead atoms. The summed E-state index contributed by atoms with van der Waals surface area (Å²) in [6, 6.07) is -0.797. The topological polar surface area (TPSA) is 108 Å². The number of aliphatic hydroxyl groups is 1. The number of likely N-dealkylation sites (N-methyl/N-ethyl adjacent to an activating group) is 1. The maximum atomic E-state index is 12.9. The largest absolute Gasteiger partial charge is 0.756 e. The van der Waals surface area contributed by atoms with Crippen LogP contribution in [0, 0.1) is 0 Å². The highest BCUT2D eigenvalue weighted by Gasteiger charge is 2.24. The van der Waals surface area contributed by atoms with E-state index in [0.29, 0.717) is 23.9 Å². The van der Waals surface area contributed by atoms with Gasteiger partial charge in [0, 0.05) is 6.42 Å². The Morgan fingerprint density at radius 1 is 0.557 bits per heavy atom. The van der Waals surface area contributed by atoms with E-state index in [1.165, 1.54) is 199 Å². The van der Waals surface area contributed by atoms with Gasteiger partial charge in [-0.15, -0.1) is 0 Å². The molecule has 0 aromatic rings. The summed E-state index contributed by atoms with van der Waals surface area (Å²) in [6.07, 6.45) is 52.2. The molecule has 0 rings (SSSR count). The van der Waals surface area contributed by atoms with Gasteiger partial charge >= 0.3 is 0 Å². The third kappa shape index (κ3) is 47.0. The number of phosphoric acid groups is 1. The lowest BCUT2D eigenvalue weighted by Crippen LogP contribution is -2.46. The maximum Gasteiger partial charge on any atom is 0.268 e. The molecular weight excluding hydrogens is 780 g/mol. The zero-order valence-electron chi connectivity index (χ0n) is 41.4. The maximum absolute atomic E-state index is 12.9. The van der Waals surface area contributed by atoms with E-state index in [0.717, 1.165) is 38.5 Å². The van der Waals surface area contributed by atoms with Crippen molar-refractivity contribution in [3.63, 3.8) is 0 Å². The number of hydrogen-bond donors (Lipinski definition) is 2. The number of amides is 1. The fourth-order valence-corrected chi connectivity index (χ4v) is 8.76. The summed E-state index contributed by atoms with van der Waals surface area (Å²) in [4.78, 5) is 25.5. The number of unbranched alkanes of at least 4 members (excludes halogenated alkanes) is 34. The third-order valence-electron chi connectivity index (χ3n) is 12.3. The molecule has 0 radical (unpaired) electrons. The van der Waals surface area contributed by atoms with Gasteiger partial charge in [-0.3, -0.25) is 9.36 Å². The van der Waals surface area contributed by atoms with Crippen LogP contribution in [0.3, 0.4) is 0 Å². The molecule has 0 aliphatic carbocycles. The van der Waals surface area contributed by atoms with Crippen LogP contribution < -0.4 is 10.2 Å². The van der Waals surface area contributed by atoms with Crippen LogP contribution in [-0.2, 0) is 18.4 Å². The molecule has 9 heteroatoms. The smallest absolute Gasteiger partial charge is 0.268 e. The van der Waals surface area contributed by atoms with Crippen LogP contribution >= 0.6 is 7.82 Å². The highest BCUT2D eigenvalue weighted by atomic mass is 31.2. The lowest BCUT2D eigenvalue weighted by Gasteiger charge is -2.30. The number of nitrogens with zero attached hydrogens (tertiary/aromatic N) is 1. The molecule has 0 fully saturated rings. The standard InChI is InChI=1S/C52H105N2O6P/c1-6-8-10-12-14-16-18-20-22-24-25-26-27-28-29-30-32-34-36-38-40-42-44-46-52(56)53-50(49-60-61(57,58)59-48-47-54(3,4)5)51(55)45-43-41-39-37-35-33-31-23-21-19-17-15-13-11-9-7-2/h24-25,50-51,55H,6-23,26-49H2,1-5H3,(H-,53,56,57,58)/b25-24-. The van der Waals surface area contributed by atoms with E-state index in [9.17, 15) is 19.4 Å². The molecule has 61 heavy (non-hydrogen) atoms. The number of phosphoric ester groups is 1. The molecule has 0 aromatic carbocycles. The van der Waals surface area contributed by atoms with E-state index >= 15 is 0 Å². The van der Waals surface area contributed by atoms with Crippen molar-refractivity contribution in [2.24, 2.45) is 0 Å². The first kappa shape index (κ1) is 60.2. The van der Waals surface area contributed by atoms with Gasteiger partial charge in [-0.1, -0.05) is 231 Å². The number of rotatable bonds is 49. The molecule has 0 aliphatic heterocycles. The van der Waals surface area contributed by atoms with Gasteiger partial charge in [-0.2, -0.15) is 0 Å². The molecule has 0 saturated carbocycles. The van der Waals surface area contributed by atoms with Crippen LogP contribution in [0.25, 0.3) is 0 Å². The summed E-state index contributed by atoms with van der Waals surface area (Å²) >= 11 is 0. The van der Waals surface area contributed by atoms with Crippen molar-refractivity contribution in [3.8, 4) is 0 Å². The molecule has 3 unspecified atom stereocenters. The van der Waals surface area contributed by atoms with Crippen LogP contribution in [0.2, 0.25) is 0 Å². The van der Waals surface area contributed by atoms with Crippen LogP contribution in [-0.4, -0.2) is 68.5 Å². The van der Waals surface area contributed by atoms with Gasteiger partial charge in [-0.05, 0) is 38.5 Å². The van der Waals surface area contributed by atoms with Gasteiger partial charge in [0.15, 0.2) is 0 Å². The molecule has 0 spiro atoms. The summed E-state index contributed by atoms with van der Waals surface area (Å²) in [5.41, 5.74) is 0. The average Bonchev–Trinajstić information content (AvgIpc) is 3.21.